The monoisotopic (exact) mass is 241 g/mol. The van der Waals surface area contributed by atoms with Crippen LogP contribution >= 0.6 is 0 Å². The molecule has 0 saturated carbocycles. The van der Waals surface area contributed by atoms with E-state index in [4.69, 9.17) is 5.26 Å². The van der Waals surface area contributed by atoms with E-state index >= 15 is 0 Å². The quantitative estimate of drug-likeness (QED) is 0.807. The molecule has 0 spiro atoms. The smallest absolute Gasteiger partial charge is 0.255 e. The molecule has 0 bridgehead atoms. The van der Waals surface area contributed by atoms with Crippen molar-refractivity contribution in [3.05, 3.63) is 42.0 Å². The van der Waals surface area contributed by atoms with E-state index < -0.39 is 0 Å². The van der Waals surface area contributed by atoms with Crippen LogP contribution in [0.4, 0.5) is 0 Å². The van der Waals surface area contributed by atoms with E-state index in [0.29, 0.717) is 11.3 Å². The number of carbonyl (C=O) groups is 1. The zero-order valence-corrected chi connectivity index (χ0v) is 9.79. The summed E-state index contributed by atoms with van der Waals surface area (Å²) in [6, 6.07) is 5.49. The molecule has 2 rings (SSSR count). The maximum Gasteiger partial charge on any atom is 0.255 e. The number of hydrogen-bond donors (Lipinski definition) is 1. The summed E-state index contributed by atoms with van der Waals surface area (Å²) in [6.07, 6.45) is 4.95. The van der Waals surface area contributed by atoms with E-state index in [1.165, 1.54) is 0 Å². The average Bonchev–Trinajstić information content (AvgIpc) is 2.79. The number of nitriles is 1. The van der Waals surface area contributed by atoms with Crippen LogP contribution in [0.2, 0.25) is 0 Å². The molecule has 0 aliphatic rings. The highest BCUT2D eigenvalue weighted by Gasteiger charge is 2.13. The highest BCUT2D eigenvalue weighted by Crippen LogP contribution is 2.10. The van der Waals surface area contributed by atoms with Gasteiger partial charge in [0.25, 0.3) is 5.91 Å². The molecule has 2 heterocycles. The molecule has 0 unspecified atom stereocenters. The molecule has 0 radical (unpaired) electrons. The largest absolute Gasteiger partial charge is 0.339 e. The van der Waals surface area contributed by atoms with Gasteiger partial charge in [-0.1, -0.05) is 0 Å². The maximum absolute atomic E-state index is 11.7. The van der Waals surface area contributed by atoms with Gasteiger partial charge in [-0.25, -0.2) is 4.68 Å². The number of aryl methyl sites for hydroxylation is 1. The highest BCUT2D eigenvalue weighted by atomic mass is 16.1. The minimum absolute atomic E-state index is 0.0175. The summed E-state index contributed by atoms with van der Waals surface area (Å²) in [4.78, 5) is 15.7. The summed E-state index contributed by atoms with van der Waals surface area (Å²) in [5.41, 5.74) is 1.84. The van der Waals surface area contributed by atoms with Gasteiger partial charge < -0.3 is 5.32 Å². The Labute approximate surface area is 104 Å². The van der Waals surface area contributed by atoms with Crippen molar-refractivity contribution < 1.29 is 4.79 Å². The molecule has 90 valence electrons. The molecule has 6 heteroatoms. The number of nitrogens with zero attached hydrogens (tertiary/aromatic N) is 4. The third-order valence-electron chi connectivity index (χ3n) is 2.38. The zero-order valence-electron chi connectivity index (χ0n) is 9.79. The Bertz CT molecular complexity index is 597. The molecule has 1 N–H and O–H groups in total. The van der Waals surface area contributed by atoms with Gasteiger partial charge in [-0.3, -0.25) is 9.78 Å². The fourth-order valence-corrected chi connectivity index (χ4v) is 1.52. The normalized spacial score (nSPS) is 9.78. The summed E-state index contributed by atoms with van der Waals surface area (Å²) < 4.78 is 1.59. The predicted molar refractivity (Wildman–Crippen MR) is 64.0 cm³/mol. The van der Waals surface area contributed by atoms with E-state index in [-0.39, 0.29) is 12.5 Å². The molecule has 2 aromatic rings. The van der Waals surface area contributed by atoms with E-state index in [9.17, 15) is 4.79 Å². The van der Waals surface area contributed by atoms with Gasteiger partial charge in [-0.2, -0.15) is 10.4 Å². The topological polar surface area (TPSA) is 83.6 Å². The third kappa shape index (κ3) is 2.35. The molecule has 0 saturated heterocycles. The standard InChI is InChI=1S/C12H11N5O/c1-9-11(12(18)15-6-4-13)8-17(16-9)10-3-2-5-14-7-10/h2-3,5,7-8H,6H2,1H3,(H,15,18). The first-order valence-electron chi connectivity index (χ1n) is 5.34. The zero-order chi connectivity index (χ0) is 13.0. The van der Waals surface area contributed by atoms with Gasteiger partial charge in [0.05, 0.1) is 29.2 Å². The number of amides is 1. The van der Waals surface area contributed by atoms with Gasteiger partial charge in [-0.15, -0.1) is 0 Å². The van der Waals surface area contributed by atoms with Crippen LogP contribution in [0.3, 0.4) is 0 Å². The number of aromatic nitrogens is 3. The molecule has 0 fully saturated rings. The molecule has 0 aliphatic heterocycles. The van der Waals surface area contributed by atoms with E-state index in [0.717, 1.165) is 5.69 Å². The highest BCUT2D eigenvalue weighted by molar-refractivity contribution is 5.95. The van der Waals surface area contributed by atoms with Gasteiger partial charge in [0.2, 0.25) is 0 Å². The predicted octanol–water partition coefficient (Wildman–Crippen LogP) is 0.829. The number of carbonyl (C=O) groups excluding carboxylic acids is 1. The van der Waals surface area contributed by atoms with Crippen LogP contribution in [0, 0.1) is 18.3 Å². The Morgan fingerprint density at radius 3 is 3.11 bits per heavy atom. The second-order valence-electron chi connectivity index (χ2n) is 3.62. The molecule has 0 aromatic carbocycles. The lowest BCUT2D eigenvalue weighted by atomic mass is 10.2. The van der Waals surface area contributed by atoms with Crippen molar-refractivity contribution in [1.29, 1.82) is 5.26 Å². The number of pyridine rings is 1. The first-order chi connectivity index (χ1) is 8.72. The Balaban J connectivity index is 2.28. The second-order valence-corrected chi connectivity index (χ2v) is 3.62. The molecule has 2 aromatic heterocycles. The van der Waals surface area contributed by atoms with Gasteiger partial charge in [0.15, 0.2) is 0 Å². The molecular formula is C12H11N5O. The Morgan fingerprint density at radius 2 is 2.44 bits per heavy atom. The van der Waals surface area contributed by atoms with E-state index in [1.54, 1.807) is 36.3 Å². The summed E-state index contributed by atoms with van der Waals surface area (Å²) in [5, 5.41) is 15.1. The van der Waals surface area contributed by atoms with Crippen LogP contribution in [0.15, 0.2) is 30.7 Å². The Morgan fingerprint density at radius 1 is 1.61 bits per heavy atom. The lowest BCUT2D eigenvalue weighted by molar-refractivity contribution is 0.0958. The van der Waals surface area contributed by atoms with Crippen LogP contribution in [-0.2, 0) is 0 Å². The van der Waals surface area contributed by atoms with Crippen LogP contribution in [0.25, 0.3) is 5.69 Å². The molecule has 0 atom stereocenters. The summed E-state index contributed by atoms with van der Waals surface area (Å²) in [6.45, 7) is 1.73. The van der Waals surface area contributed by atoms with Crippen molar-refractivity contribution in [3.63, 3.8) is 0 Å². The summed E-state index contributed by atoms with van der Waals surface area (Å²) in [5.74, 6) is -0.302. The third-order valence-corrected chi connectivity index (χ3v) is 2.38. The van der Waals surface area contributed by atoms with Crippen LogP contribution < -0.4 is 5.32 Å². The van der Waals surface area contributed by atoms with Crippen LogP contribution in [0.5, 0.6) is 0 Å². The van der Waals surface area contributed by atoms with Crippen molar-refractivity contribution in [2.45, 2.75) is 6.92 Å². The number of rotatable bonds is 3. The van der Waals surface area contributed by atoms with E-state index in [2.05, 4.69) is 15.4 Å². The van der Waals surface area contributed by atoms with Crippen molar-refractivity contribution in [2.75, 3.05) is 6.54 Å². The maximum atomic E-state index is 11.7. The molecule has 1 amide bonds. The lowest BCUT2D eigenvalue weighted by Crippen LogP contribution is -2.23. The van der Waals surface area contributed by atoms with E-state index in [1.807, 2.05) is 12.1 Å². The second kappa shape index (κ2) is 5.10. The lowest BCUT2D eigenvalue weighted by Gasteiger charge is -1.98. The van der Waals surface area contributed by atoms with Crippen molar-refractivity contribution >= 4 is 5.91 Å². The molecule has 0 aliphatic carbocycles. The molecule has 6 nitrogen and oxygen atoms in total. The van der Waals surface area contributed by atoms with Crippen molar-refractivity contribution in [2.24, 2.45) is 0 Å². The van der Waals surface area contributed by atoms with Crippen molar-refractivity contribution in [1.82, 2.24) is 20.1 Å². The Hall–Kier alpha value is -2.68. The van der Waals surface area contributed by atoms with Gasteiger partial charge in [0, 0.05) is 12.4 Å². The van der Waals surface area contributed by atoms with Crippen molar-refractivity contribution in [3.8, 4) is 11.8 Å². The SMILES string of the molecule is Cc1nn(-c2cccnc2)cc1C(=O)NCC#N. The Kier molecular flexibility index (Phi) is 3.34. The first-order valence-corrected chi connectivity index (χ1v) is 5.34. The van der Waals surface area contributed by atoms with Gasteiger partial charge in [0.1, 0.15) is 6.54 Å². The molecule has 18 heavy (non-hydrogen) atoms. The minimum atomic E-state index is -0.302. The van der Waals surface area contributed by atoms with Crippen LogP contribution in [-0.4, -0.2) is 27.2 Å². The average molecular weight is 241 g/mol. The fourth-order valence-electron chi connectivity index (χ4n) is 1.52. The summed E-state index contributed by atoms with van der Waals surface area (Å²) in [7, 11) is 0. The fraction of sp³-hybridized carbons (Fsp3) is 0.167. The van der Waals surface area contributed by atoms with Crippen LogP contribution in [0.1, 0.15) is 16.1 Å². The first kappa shape index (κ1) is 11.8. The van der Waals surface area contributed by atoms with Gasteiger partial charge in [-0.05, 0) is 19.1 Å². The minimum Gasteiger partial charge on any atom is -0.339 e. The summed E-state index contributed by atoms with van der Waals surface area (Å²) >= 11 is 0. The van der Waals surface area contributed by atoms with Gasteiger partial charge >= 0.3 is 0 Å². The number of nitrogens with one attached hydrogen (secondary N) is 1. The molecular weight excluding hydrogens is 230 g/mol. The number of hydrogen-bond acceptors (Lipinski definition) is 4.